The number of anilines is 1. The predicted molar refractivity (Wildman–Crippen MR) is 132 cm³/mol. The Morgan fingerprint density at radius 1 is 1.00 bits per heavy atom. The lowest BCUT2D eigenvalue weighted by atomic mass is 10.1. The van der Waals surface area contributed by atoms with Crippen LogP contribution in [0.4, 0.5) is 5.69 Å². The van der Waals surface area contributed by atoms with Crippen LogP contribution in [0, 0.1) is 0 Å². The number of carbonyl (C=O) groups is 1. The van der Waals surface area contributed by atoms with Crippen LogP contribution in [0.15, 0.2) is 82.8 Å². The van der Waals surface area contributed by atoms with E-state index in [0.29, 0.717) is 17.2 Å². The van der Waals surface area contributed by atoms with E-state index in [9.17, 15) is 13.2 Å². The van der Waals surface area contributed by atoms with Gasteiger partial charge in [0.25, 0.3) is 15.9 Å². The van der Waals surface area contributed by atoms with Crippen LogP contribution in [0.3, 0.4) is 0 Å². The van der Waals surface area contributed by atoms with Crippen molar-refractivity contribution in [2.75, 3.05) is 25.1 Å². The van der Waals surface area contributed by atoms with Gasteiger partial charge in [0.15, 0.2) is 0 Å². The molecule has 0 aliphatic carbocycles. The van der Waals surface area contributed by atoms with Crippen LogP contribution in [0.1, 0.15) is 12.5 Å². The number of ether oxygens (including phenoxy) is 2. The zero-order valence-corrected chi connectivity index (χ0v) is 20.4. The van der Waals surface area contributed by atoms with Gasteiger partial charge in [-0.3, -0.25) is 9.10 Å². The van der Waals surface area contributed by atoms with Crippen LogP contribution in [-0.2, 0) is 14.8 Å². The van der Waals surface area contributed by atoms with Gasteiger partial charge in [0, 0.05) is 0 Å². The summed E-state index contributed by atoms with van der Waals surface area (Å²) in [4.78, 5) is 12.8. The minimum absolute atomic E-state index is 0.0349. The van der Waals surface area contributed by atoms with Crippen LogP contribution in [0.25, 0.3) is 0 Å². The maximum absolute atomic E-state index is 13.4. The number of hydrogen-bond acceptors (Lipinski definition) is 6. The molecule has 3 rings (SSSR count). The second-order valence-electron chi connectivity index (χ2n) is 7.10. The molecule has 178 valence electrons. The molecule has 34 heavy (non-hydrogen) atoms. The largest absolute Gasteiger partial charge is 0.497 e. The first-order valence-corrected chi connectivity index (χ1v) is 12.0. The molecule has 0 atom stereocenters. The third-order valence-electron chi connectivity index (χ3n) is 4.90. The van der Waals surface area contributed by atoms with Gasteiger partial charge in [-0.15, -0.1) is 0 Å². The summed E-state index contributed by atoms with van der Waals surface area (Å²) in [6.07, 6.45) is 0. The minimum Gasteiger partial charge on any atom is -0.497 e. The monoisotopic (exact) mass is 501 g/mol. The van der Waals surface area contributed by atoms with Crippen LogP contribution in [0.2, 0.25) is 5.02 Å². The van der Waals surface area contributed by atoms with E-state index in [2.05, 4.69) is 10.5 Å². The zero-order valence-electron chi connectivity index (χ0n) is 18.9. The molecule has 1 N–H and O–H groups in total. The molecule has 0 bridgehead atoms. The van der Waals surface area contributed by atoms with Crippen molar-refractivity contribution in [2.24, 2.45) is 5.10 Å². The van der Waals surface area contributed by atoms with Gasteiger partial charge in [0.2, 0.25) is 0 Å². The van der Waals surface area contributed by atoms with Gasteiger partial charge in [-0.25, -0.2) is 13.8 Å². The van der Waals surface area contributed by atoms with Crippen molar-refractivity contribution in [2.45, 2.75) is 11.8 Å². The molecule has 0 heterocycles. The normalized spacial score (nSPS) is 11.6. The highest BCUT2D eigenvalue weighted by molar-refractivity contribution is 7.92. The van der Waals surface area contributed by atoms with Crippen molar-refractivity contribution >= 4 is 38.9 Å². The SMILES string of the molecule is COc1ccc(/C(C)=N\NC(=O)CN(c2ccc(OC)c(Cl)c2)S(=O)(=O)c2ccccc2)cc1. The van der Waals surface area contributed by atoms with Gasteiger partial charge in [-0.1, -0.05) is 29.8 Å². The number of carbonyl (C=O) groups excluding carboxylic acids is 1. The summed E-state index contributed by atoms with van der Waals surface area (Å²) < 4.78 is 38.0. The van der Waals surface area contributed by atoms with Gasteiger partial charge in [0.05, 0.1) is 35.5 Å². The van der Waals surface area contributed by atoms with E-state index in [1.807, 2.05) is 0 Å². The van der Waals surface area contributed by atoms with E-state index in [0.717, 1.165) is 9.87 Å². The summed E-state index contributed by atoms with van der Waals surface area (Å²) in [6, 6.07) is 19.5. The molecule has 0 unspecified atom stereocenters. The lowest BCUT2D eigenvalue weighted by Crippen LogP contribution is -2.39. The molecule has 0 saturated heterocycles. The molecule has 3 aromatic carbocycles. The van der Waals surface area contributed by atoms with Crippen molar-refractivity contribution in [3.63, 3.8) is 0 Å². The molecule has 3 aromatic rings. The van der Waals surface area contributed by atoms with Crippen molar-refractivity contribution in [1.82, 2.24) is 5.43 Å². The lowest BCUT2D eigenvalue weighted by Gasteiger charge is -2.24. The summed E-state index contributed by atoms with van der Waals surface area (Å²) in [5.41, 5.74) is 3.95. The fourth-order valence-electron chi connectivity index (χ4n) is 3.05. The van der Waals surface area contributed by atoms with Gasteiger partial charge in [0.1, 0.15) is 18.0 Å². The Morgan fingerprint density at radius 2 is 1.68 bits per heavy atom. The number of amides is 1. The molecule has 0 spiro atoms. The average molecular weight is 502 g/mol. The Balaban J connectivity index is 1.87. The maximum atomic E-state index is 13.4. The molecule has 0 fully saturated rings. The van der Waals surface area contributed by atoms with Gasteiger partial charge >= 0.3 is 0 Å². The fraction of sp³-hybridized carbons (Fsp3) is 0.167. The Hall–Kier alpha value is -3.56. The van der Waals surface area contributed by atoms with E-state index < -0.39 is 22.5 Å². The number of sulfonamides is 1. The standard InChI is InChI=1S/C24H24ClN3O5S/c1-17(18-9-12-20(32-2)13-10-18)26-27-24(29)16-28(19-11-14-23(33-3)22(25)15-19)34(30,31)21-7-5-4-6-8-21/h4-15H,16H2,1-3H3,(H,27,29)/b26-17-. The van der Waals surface area contributed by atoms with Gasteiger partial charge in [-0.05, 0) is 67.1 Å². The Morgan fingerprint density at radius 3 is 2.26 bits per heavy atom. The van der Waals surface area contributed by atoms with E-state index in [-0.39, 0.29) is 15.6 Å². The zero-order chi connectivity index (χ0) is 24.7. The number of methoxy groups -OCH3 is 2. The molecule has 0 saturated carbocycles. The molecular weight excluding hydrogens is 478 g/mol. The smallest absolute Gasteiger partial charge is 0.264 e. The van der Waals surface area contributed by atoms with Crippen molar-refractivity contribution in [1.29, 1.82) is 0 Å². The molecule has 0 aliphatic heterocycles. The highest BCUT2D eigenvalue weighted by Crippen LogP contribution is 2.31. The Kier molecular flexibility index (Phi) is 8.14. The minimum atomic E-state index is -4.07. The number of nitrogens with zero attached hydrogens (tertiary/aromatic N) is 2. The van der Waals surface area contributed by atoms with E-state index in [1.165, 1.54) is 37.4 Å². The number of halogens is 1. The number of hydrazone groups is 1. The van der Waals surface area contributed by atoms with Gasteiger partial charge < -0.3 is 9.47 Å². The average Bonchev–Trinajstić information content (AvgIpc) is 2.86. The molecule has 8 nitrogen and oxygen atoms in total. The second kappa shape index (κ2) is 11.0. The van der Waals surface area contributed by atoms with E-state index in [1.54, 1.807) is 56.5 Å². The van der Waals surface area contributed by atoms with Crippen molar-refractivity contribution in [3.05, 3.63) is 83.4 Å². The number of rotatable bonds is 9. The first-order valence-electron chi connectivity index (χ1n) is 10.1. The van der Waals surface area contributed by atoms with Crippen molar-refractivity contribution < 1.29 is 22.7 Å². The number of hydrogen-bond donors (Lipinski definition) is 1. The summed E-state index contributed by atoms with van der Waals surface area (Å²) in [6.45, 7) is 1.21. The maximum Gasteiger partial charge on any atom is 0.264 e. The third-order valence-corrected chi connectivity index (χ3v) is 6.98. The molecule has 0 aliphatic rings. The number of nitrogens with one attached hydrogen (secondary N) is 1. The van der Waals surface area contributed by atoms with Crippen LogP contribution >= 0.6 is 11.6 Å². The lowest BCUT2D eigenvalue weighted by molar-refractivity contribution is -0.119. The summed E-state index contributed by atoms with van der Waals surface area (Å²) >= 11 is 6.22. The highest BCUT2D eigenvalue weighted by Gasteiger charge is 2.27. The summed E-state index contributed by atoms with van der Waals surface area (Å²) in [7, 11) is -1.05. The van der Waals surface area contributed by atoms with E-state index in [4.69, 9.17) is 21.1 Å². The quantitative estimate of drug-likeness (QED) is 0.352. The van der Waals surface area contributed by atoms with Crippen LogP contribution in [-0.4, -0.2) is 40.8 Å². The van der Waals surface area contributed by atoms with Crippen LogP contribution in [0.5, 0.6) is 11.5 Å². The topological polar surface area (TPSA) is 97.3 Å². The Labute approximate surface area is 203 Å². The molecular formula is C24H24ClN3O5S. The summed E-state index contributed by atoms with van der Waals surface area (Å²) in [5.74, 6) is 0.450. The Bertz CT molecular complexity index is 1280. The van der Waals surface area contributed by atoms with Crippen molar-refractivity contribution in [3.8, 4) is 11.5 Å². The molecule has 1 amide bonds. The highest BCUT2D eigenvalue weighted by atomic mass is 35.5. The third kappa shape index (κ3) is 5.86. The first kappa shape index (κ1) is 25.1. The van der Waals surface area contributed by atoms with Crippen LogP contribution < -0.4 is 19.2 Å². The summed E-state index contributed by atoms with van der Waals surface area (Å²) in [5, 5.41) is 4.32. The number of benzene rings is 3. The predicted octanol–water partition coefficient (Wildman–Crippen LogP) is 4.09. The molecule has 10 heteroatoms. The fourth-order valence-corrected chi connectivity index (χ4v) is 4.74. The first-order chi connectivity index (χ1) is 16.3. The second-order valence-corrected chi connectivity index (χ2v) is 9.37. The van der Waals surface area contributed by atoms with Gasteiger partial charge in [-0.2, -0.15) is 5.10 Å². The van der Waals surface area contributed by atoms with E-state index >= 15 is 0 Å². The molecule has 0 aromatic heterocycles. The molecule has 0 radical (unpaired) electrons.